The van der Waals surface area contributed by atoms with Crippen molar-refractivity contribution in [2.75, 3.05) is 0 Å². The Bertz CT molecular complexity index is 311. The third-order valence-corrected chi connectivity index (χ3v) is 4.39. The normalized spacial score (nSPS) is 34.9. The Kier molecular flexibility index (Phi) is 2.52. The lowest BCUT2D eigenvalue weighted by atomic mass is 9.62. The number of rotatable bonds is 1. The molecule has 1 nitrogen and oxygen atoms in total. The van der Waals surface area contributed by atoms with E-state index in [0.29, 0.717) is 5.41 Å². The molecule has 2 aliphatic carbocycles. The zero-order valence-corrected chi connectivity index (χ0v) is 10.2. The maximum atomic E-state index is 11.1. The van der Waals surface area contributed by atoms with Crippen molar-refractivity contribution >= 4 is 6.29 Å². The van der Waals surface area contributed by atoms with E-state index >= 15 is 0 Å². The lowest BCUT2D eigenvalue weighted by molar-refractivity contribution is -0.116. The molecule has 0 aromatic heterocycles. The number of allylic oxidation sites excluding steroid dienone is 2. The fourth-order valence-electron chi connectivity index (χ4n) is 3.19. The fraction of sp³-hybridized carbons (Fsp3) is 0.786. The van der Waals surface area contributed by atoms with Crippen LogP contribution in [-0.4, -0.2) is 6.29 Å². The minimum Gasteiger partial charge on any atom is -0.303 e. The van der Waals surface area contributed by atoms with Crippen LogP contribution in [0.2, 0.25) is 0 Å². The summed E-state index contributed by atoms with van der Waals surface area (Å²) >= 11 is 0. The molecule has 2 rings (SSSR count). The zero-order chi connectivity index (χ0) is 11.1. The predicted molar refractivity (Wildman–Crippen MR) is 62.7 cm³/mol. The number of aldehydes is 1. The molecule has 15 heavy (non-hydrogen) atoms. The van der Waals surface area contributed by atoms with Gasteiger partial charge in [0.15, 0.2) is 0 Å². The largest absolute Gasteiger partial charge is 0.303 e. The van der Waals surface area contributed by atoms with Crippen LogP contribution in [0.15, 0.2) is 11.1 Å². The van der Waals surface area contributed by atoms with Gasteiger partial charge >= 0.3 is 0 Å². The summed E-state index contributed by atoms with van der Waals surface area (Å²) in [6, 6.07) is 0. The van der Waals surface area contributed by atoms with Crippen LogP contribution in [0.3, 0.4) is 0 Å². The van der Waals surface area contributed by atoms with Crippen LogP contribution in [0.25, 0.3) is 0 Å². The number of carbonyl (C=O) groups excluding carboxylic acids is 1. The van der Waals surface area contributed by atoms with Gasteiger partial charge in [0.2, 0.25) is 0 Å². The van der Waals surface area contributed by atoms with E-state index in [2.05, 4.69) is 20.8 Å². The average molecular weight is 206 g/mol. The Morgan fingerprint density at radius 3 is 2.53 bits per heavy atom. The van der Waals surface area contributed by atoms with Crippen LogP contribution in [-0.2, 0) is 4.79 Å². The fourth-order valence-corrected chi connectivity index (χ4v) is 3.19. The van der Waals surface area contributed by atoms with E-state index in [1.165, 1.54) is 25.5 Å². The maximum Gasteiger partial charge on any atom is 0.126 e. The second kappa shape index (κ2) is 3.47. The molecular formula is C14H22O. The molecule has 0 spiro atoms. The maximum absolute atomic E-state index is 11.1. The first kappa shape index (κ1) is 10.9. The van der Waals surface area contributed by atoms with Gasteiger partial charge < -0.3 is 4.79 Å². The van der Waals surface area contributed by atoms with E-state index in [1.54, 1.807) is 11.1 Å². The van der Waals surface area contributed by atoms with E-state index in [1.807, 2.05) is 0 Å². The molecule has 0 fully saturated rings. The smallest absolute Gasteiger partial charge is 0.126 e. The summed E-state index contributed by atoms with van der Waals surface area (Å²) in [5, 5.41) is 0. The minimum absolute atomic E-state index is 0.0759. The molecule has 0 saturated carbocycles. The predicted octanol–water partition coefficient (Wildman–Crippen LogP) is 3.88. The molecule has 0 aromatic carbocycles. The van der Waals surface area contributed by atoms with E-state index in [4.69, 9.17) is 0 Å². The van der Waals surface area contributed by atoms with Crippen LogP contribution in [0.1, 0.15) is 59.3 Å². The molecule has 0 saturated heterocycles. The van der Waals surface area contributed by atoms with Crippen LogP contribution >= 0.6 is 0 Å². The highest BCUT2D eigenvalue weighted by molar-refractivity contribution is 5.60. The monoisotopic (exact) mass is 206 g/mol. The van der Waals surface area contributed by atoms with Crippen molar-refractivity contribution in [2.45, 2.75) is 59.3 Å². The van der Waals surface area contributed by atoms with Crippen LogP contribution in [0.5, 0.6) is 0 Å². The third-order valence-electron chi connectivity index (χ3n) is 4.39. The summed E-state index contributed by atoms with van der Waals surface area (Å²) in [7, 11) is 0. The van der Waals surface area contributed by atoms with Gasteiger partial charge in [0, 0.05) is 5.41 Å². The number of carbonyl (C=O) groups is 1. The summed E-state index contributed by atoms with van der Waals surface area (Å²) in [4.78, 5) is 11.1. The average Bonchev–Trinajstić information content (AvgIpc) is 2.19. The molecule has 0 unspecified atom stereocenters. The summed E-state index contributed by atoms with van der Waals surface area (Å²) in [5.74, 6) is 0. The van der Waals surface area contributed by atoms with E-state index < -0.39 is 0 Å². The molecule has 0 aromatic rings. The van der Waals surface area contributed by atoms with E-state index in [-0.39, 0.29) is 5.41 Å². The molecule has 1 heteroatoms. The van der Waals surface area contributed by atoms with Crippen molar-refractivity contribution in [3.05, 3.63) is 11.1 Å². The molecule has 0 radical (unpaired) electrons. The lowest BCUT2D eigenvalue weighted by Crippen LogP contribution is -2.31. The topological polar surface area (TPSA) is 17.1 Å². The number of hydrogen-bond acceptors (Lipinski definition) is 1. The summed E-state index contributed by atoms with van der Waals surface area (Å²) < 4.78 is 0. The van der Waals surface area contributed by atoms with E-state index in [0.717, 1.165) is 19.3 Å². The highest BCUT2D eigenvalue weighted by atomic mass is 16.1. The highest BCUT2D eigenvalue weighted by Gasteiger charge is 2.38. The van der Waals surface area contributed by atoms with Gasteiger partial charge in [-0.05, 0) is 43.9 Å². The molecule has 84 valence electrons. The zero-order valence-electron chi connectivity index (χ0n) is 10.2. The van der Waals surface area contributed by atoms with Crippen LogP contribution in [0.4, 0.5) is 0 Å². The van der Waals surface area contributed by atoms with Crippen molar-refractivity contribution in [1.29, 1.82) is 0 Å². The molecule has 0 aliphatic heterocycles. The first-order valence-electron chi connectivity index (χ1n) is 6.15. The van der Waals surface area contributed by atoms with Gasteiger partial charge in [-0.15, -0.1) is 0 Å². The van der Waals surface area contributed by atoms with Crippen molar-refractivity contribution in [2.24, 2.45) is 10.8 Å². The molecular weight excluding hydrogens is 184 g/mol. The number of hydrogen-bond donors (Lipinski definition) is 0. The van der Waals surface area contributed by atoms with Crippen molar-refractivity contribution in [3.8, 4) is 0 Å². The second-order valence-corrected chi connectivity index (χ2v) is 6.27. The highest BCUT2D eigenvalue weighted by Crippen LogP contribution is 2.50. The summed E-state index contributed by atoms with van der Waals surface area (Å²) in [6.45, 7) is 6.81. The van der Waals surface area contributed by atoms with Crippen molar-refractivity contribution < 1.29 is 4.79 Å². The quantitative estimate of drug-likeness (QED) is 0.470. The van der Waals surface area contributed by atoms with Gasteiger partial charge in [-0.1, -0.05) is 31.9 Å². The van der Waals surface area contributed by atoms with Gasteiger partial charge in [0.1, 0.15) is 6.29 Å². The van der Waals surface area contributed by atoms with Crippen LogP contribution in [0, 0.1) is 10.8 Å². The molecule has 0 bridgehead atoms. The first-order chi connectivity index (χ1) is 6.97. The summed E-state index contributed by atoms with van der Waals surface area (Å²) in [5.41, 5.74) is 3.55. The van der Waals surface area contributed by atoms with Gasteiger partial charge in [-0.2, -0.15) is 0 Å². The minimum atomic E-state index is -0.0759. The Labute approximate surface area is 92.9 Å². The molecule has 0 N–H and O–H groups in total. The lowest BCUT2D eigenvalue weighted by Gasteiger charge is -2.42. The van der Waals surface area contributed by atoms with Gasteiger partial charge in [-0.25, -0.2) is 0 Å². The first-order valence-corrected chi connectivity index (χ1v) is 6.15. The van der Waals surface area contributed by atoms with Gasteiger partial charge in [-0.3, -0.25) is 0 Å². The second-order valence-electron chi connectivity index (χ2n) is 6.27. The Hall–Kier alpha value is -0.590. The standard InChI is InChI=1S/C14H22O/c1-13(2)7-4-5-11-6-8-14(3,10-15)9-12(11)13/h10H,4-9H2,1-3H3/t14-/m0/s1. The summed E-state index contributed by atoms with van der Waals surface area (Å²) in [6.07, 6.45) is 8.33. The molecule has 2 aliphatic rings. The van der Waals surface area contributed by atoms with E-state index in [9.17, 15) is 4.79 Å². The van der Waals surface area contributed by atoms with Crippen LogP contribution < -0.4 is 0 Å². The molecule has 0 amide bonds. The third kappa shape index (κ3) is 1.89. The van der Waals surface area contributed by atoms with Gasteiger partial charge in [0.05, 0.1) is 0 Å². The van der Waals surface area contributed by atoms with Gasteiger partial charge in [0.25, 0.3) is 0 Å². The SMILES string of the molecule is CC1(C)CCCC2=C1C[C@@](C)(C=O)CC2. The van der Waals surface area contributed by atoms with Crippen molar-refractivity contribution in [3.63, 3.8) is 0 Å². The van der Waals surface area contributed by atoms with Crippen molar-refractivity contribution in [1.82, 2.24) is 0 Å². The molecule has 0 heterocycles. The Balaban J connectivity index is 2.32. The molecule has 1 atom stereocenters. The Morgan fingerprint density at radius 1 is 1.13 bits per heavy atom. The Morgan fingerprint density at radius 2 is 1.87 bits per heavy atom.